The molecule has 10 heteroatoms. The van der Waals surface area contributed by atoms with Crippen molar-refractivity contribution in [1.29, 1.82) is 0 Å². The number of ether oxygens (including phenoxy) is 2. The van der Waals surface area contributed by atoms with Gasteiger partial charge in [0, 0.05) is 38.3 Å². The third-order valence-corrected chi connectivity index (χ3v) is 6.50. The predicted molar refractivity (Wildman–Crippen MR) is 127 cm³/mol. The van der Waals surface area contributed by atoms with Crippen molar-refractivity contribution in [2.45, 2.75) is 18.6 Å². The highest BCUT2D eigenvalue weighted by Gasteiger charge is 2.49. The molecule has 35 heavy (non-hydrogen) atoms. The Morgan fingerprint density at radius 3 is 2.17 bits per heavy atom. The van der Waals surface area contributed by atoms with Crippen LogP contribution in [-0.2, 0) is 14.3 Å². The molecule has 0 aliphatic carbocycles. The molecule has 0 unspecified atom stereocenters. The van der Waals surface area contributed by atoms with Crippen LogP contribution in [0.2, 0.25) is 0 Å². The summed E-state index contributed by atoms with van der Waals surface area (Å²) in [5.41, 5.74) is 2.74. The summed E-state index contributed by atoms with van der Waals surface area (Å²) < 4.78 is 10.9. The highest BCUT2D eigenvalue weighted by Crippen LogP contribution is 2.30. The quantitative estimate of drug-likeness (QED) is 0.493. The van der Waals surface area contributed by atoms with Crippen molar-refractivity contribution in [3.63, 3.8) is 0 Å². The summed E-state index contributed by atoms with van der Waals surface area (Å²) >= 11 is 0. The molecule has 2 aromatic rings. The average Bonchev–Trinajstić information content (AvgIpc) is 2.92. The van der Waals surface area contributed by atoms with Crippen molar-refractivity contribution in [2.24, 2.45) is 5.92 Å². The van der Waals surface area contributed by atoms with E-state index < -0.39 is 30.1 Å². The molecule has 2 fully saturated rings. The van der Waals surface area contributed by atoms with Crippen LogP contribution in [0.5, 0.6) is 5.75 Å². The summed E-state index contributed by atoms with van der Waals surface area (Å²) in [7, 11) is 1.23. The Labute approximate surface area is 204 Å². The first-order valence-electron chi connectivity index (χ1n) is 11.6. The second kappa shape index (κ2) is 11.1. The molecule has 2 heterocycles. The van der Waals surface area contributed by atoms with Crippen LogP contribution in [0.1, 0.15) is 6.42 Å². The Bertz CT molecular complexity index is 987. The number of carbonyl (C=O) groups is 3. The van der Waals surface area contributed by atoms with E-state index in [1.165, 1.54) is 12.0 Å². The van der Waals surface area contributed by atoms with Gasteiger partial charge in [0.25, 0.3) is 0 Å². The van der Waals surface area contributed by atoms with E-state index in [1.807, 2.05) is 48.5 Å². The molecule has 0 saturated carbocycles. The van der Waals surface area contributed by atoms with Gasteiger partial charge >= 0.3 is 6.09 Å². The number of nitrogens with zero attached hydrogens (tertiary/aromatic N) is 3. The number of hydrogen-bond donors (Lipinski definition) is 2. The number of hydroxylamine groups is 1. The molecule has 2 saturated heterocycles. The molecule has 3 atom stereocenters. The van der Waals surface area contributed by atoms with Crippen LogP contribution in [0.3, 0.4) is 0 Å². The molecule has 2 aliphatic rings. The van der Waals surface area contributed by atoms with Crippen molar-refractivity contribution >= 4 is 23.6 Å². The van der Waals surface area contributed by atoms with Crippen LogP contribution in [0, 0.1) is 5.92 Å². The SMILES string of the molecule is COC(=O)N1C[C@@H](Oc2ccccc2)C[C@H](C(=O)NO)[C@H]1C(=O)N1CCN(c2ccccc2)CC1. The van der Waals surface area contributed by atoms with Crippen molar-refractivity contribution in [3.05, 3.63) is 60.7 Å². The van der Waals surface area contributed by atoms with Crippen molar-refractivity contribution in [1.82, 2.24) is 15.3 Å². The number of anilines is 1. The second-order valence-electron chi connectivity index (χ2n) is 8.59. The van der Waals surface area contributed by atoms with E-state index in [2.05, 4.69) is 4.90 Å². The lowest BCUT2D eigenvalue weighted by molar-refractivity contribution is -0.151. The Morgan fingerprint density at radius 2 is 1.57 bits per heavy atom. The van der Waals surface area contributed by atoms with E-state index >= 15 is 0 Å². The molecule has 0 bridgehead atoms. The van der Waals surface area contributed by atoms with Crippen molar-refractivity contribution in [3.8, 4) is 5.75 Å². The van der Waals surface area contributed by atoms with Crippen LogP contribution < -0.4 is 15.1 Å². The van der Waals surface area contributed by atoms with Crippen LogP contribution in [0.4, 0.5) is 10.5 Å². The monoisotopic (exact) mass is 482 g/mol. The van der Waals surface area contributed by atoms with E-state index in [9.17, 15) is 19.6 Å². The number of para-hydroxylation sites is 2. The molecule has 3 amide bonds. The fraction of sp³-hybridized carbons (Fsp3) is 0.400. The van der Waals surface area contributed by atoms with E-state index in [-0.39, 0.29) is 18.9 Å². The van der Waals surface area contributed by atoms with Gasteiger partial charge in [-0.2, -0.15) is 0 Å². The van der Waals surface area contributed by atoms with E-state index in [1.54, 1.807) is 22.5 Å². The van der Waals surface area contributed by atoms with Gasteiger partial charge in [-0.25, -0.2) is 10.3 Å². The van der Waals surface area contributed by atoms with Gasteiger partial charge in [0.1, 0.15) is 17.9 Å². The average molecular weight is 483 g/mol. The summed E-state index contributed by atoms with van der Waals surface area (Å²) in [6, 6.07) is 17.8. The van der Waals surface area contributed by atoms with E-state index in [0.29, 0.717) is 31.9 Å². The maximum Gasteiger partial charge on any atom is 0.410 e. The number of amides is 3. The number of piperidine rings is 1. The summed E-state index contributed by atoms with van der Waals surface area (Å²) in [6.45, 7) is 2.19. The molecule has 186 valence electrons. The number of hydrogen-bond acceptors (Lipinski definition) is 7. The predicted octanol–water partition coefficient (Wildman–Crippen LogP) is 1.75. The minimum Gasteiger partial charge on any atom is -0.489 e. The Kier molecular flexibility index (Phi) is 7.71. The molecular formula is C25H30N4O6. The fourth-order valence-electron chi connectivity index (χ4n) is 4.77. The molecule has 10 nitrogen and oxygen atoms in total. The minimum atomic E-state index is -1.12. The topological polar surface area (TPSA) is 112 Å². The molecule has 2 aliphatic heterocycles. The summed E-state index contributed by atoms with van der Waals surface area (Å²) in [5.74, 6) is -1.54. The number of methoxy groups -OCH3 is 1. The largest absolute Gasteiger partial charge is 0.489 e. The lowest BCUT2D eigenvalue weighted by atomic mass is 9.86. The van der Waals surface area contributed by atoms with Gasteiger partial charge in [0.2, 0.25) is 11.8 Å². The van der Waals surface area contributed by atoms with Gasteiger partial charge in [-0.15, -0.1) is 0 Å². The molecule has 4 rings (SSSR count). The van der Waals surface area contributed by atoms with Gasteiger partial charge in [-0.05, 0) is 24.3 Å². The molecule has 0 radical (unpaired) electrons. The highest BCUT2D eigenvalue weighted by atomic mass is 16.5. The number of piperazine rings is 1. The second-order valence-corrected chi connectivity index (χ2v) is 8.59. The zero-order chi connectivity index (χ0) is 24.8. The summed E-state index contributed by atoms with van der Waals surface area (Å²) in [5, 5.41) is 9.41. The number of nitrogens with one attached hydrogen (secondary N) is 1. The molecule has 0 spiro atoms. The first kappa shape index (κ1) is 24.3. The molecule has 0 aromatic heterocycles. The first-order valence-corrected chi connectivity index (χ1v) is 11.6. The zero-order valence-electron chi connectivity index (χ0n) is 19.6. The Balaban J connectivity index is 1.53. The smallest absolute Gasteiger partial charge is 0.410 e. The summed E-state index contributed by atoms with van der Waals surface area (Å²) in [4.78, 5) is 44.2. The fourth-order valence-corrected chi connectivity index (χ4v) is 4.77. The van der Waals surface area contributed by atoms with Crippen LogP contribution in [0.15, 0.2) is 60.7 Å². The molecular weight excluding hydrogens is 452 g/mol. The van der Waals surface area contributed by atoms with Crippen molar-refractivity contribution in [2.75, 3.05) is 44.7 Å². The number of likely N-dealkylation sites (tertiary alicyclic amines) is 1. The first-order chi connectivity index (χ1) is 17.0. The minimum absolute atomic E-state index is 0.0666. The summed E-state index contributed by atoms with van der Waals surface area (Å²) in [6.07, 6.45) is -1.16. The lowest BCUT2D eigenvalue weighted by Gasteiger charge is -2.45. The third-order valence-electron chi connectivity index (χ3n) is 6.50. The van der Waals surface area contributed by atoms with Crippen LogP contribution >= 0.6 is 0 Å². The number of carbonyl (C=O) groups excluding carboxylic acids is 3. The number of rotatable bonds is 5. The van der Waals surface area contributed by atoms with Crippen LogP contribution in [0.25, 0.3) is 0 Å². The highest BCUT2D eigenvalue weighted by molar-refractivity contribution is 5.92. The normalized spacial score (nSPS) is 22.3. The van der Waals surface area contributed by atoms with Gasteiger partial charge in [0.05, 0.1) is 19.6 Å². The third kappa shape index (κ3) is 5.48. The van der Waals surface area contributed by atoms with Gasteiger partial charge in [-0.3, -0.25) is 19.7 Å². The maximum absolute atomic E-state index is 13.7. The number of benzene rings is 2. The van der Waals surface area contributed by atoms with Crippen molar-refractivity contribution < 1.29 is 29.1 Å². The van der Waals surface area contributed by atoms with Gasteiger partial charge in [-0.1, -0.05) is 36.4 Å². The van der Waals surface area contributed by atoms with E-state index in [4.69, 9.17) is 9.47 Å². The zero-order valence-corrected chi connectivity index (χ0v) is 19.6. The molecule has 2 N–H and O–H groups in total. The Hall–Kier alpha value is -3.79. The lowest BCUT2D eigenvalue weighted by Crippen LogP contribution is -2.64. The van der Waals surface area contributed by atoms with Gasteiger partial charge < -0.3 is 19.3 Å². The molecule has 2 aromatic carbocycles. The maximum atomic E-state index is 13.7. The van der Waals surface area contributed by atoms with Crippen LogP contribution in [-0.4, -0.2) is 84.9 Å². The standard InChI is InChI=1S/C25H30N4O6/c1-34-25(32)29-17-20(35-19-10-6-3-7-11-19)16-21(23(30)26-33)22(29)24(31)28-14-12-27(13-15-28)18-8-4-2-5-9-18/h2-11,20-22,33H,12-17H2,1H3,(H,26,30)/t20-,21-,22-/m0/s1. The van der Waals surface area contributed by atoms with Gasteiger partial charge in [0.15, 0.2) is 0 Å². The Morgan fingerprint density at radius 1 is 0.943 bits per heavy atom. The van der Waals surface area contributed by atoms with E-state index in [0.717, 1.165) is 5.69 Å².